The standard InChI is InChI=1S/C13H10N2/c14-9-8-13-7-6-12(10-15-13)11-4-2-1-3-5-11/h1-7,10H,8H2. The number of nitrogens with zero attached hydrogens (tertiary/aromatic N) is 2. The Morgan fingerprint density at radius 1 is 1.00 bits per heavy atom. The average molecular weight is 194 g/mol. The fourth-order valence-corrected chi connectivity index (χ4v) is 1.41. The SMILES string of the molecule is N#CCc1ccc(-c2ccccc2)cn1. The van der Waals surface area contributed by atoms with Crippen LogP contribution in [0.15, 0.2) is 48.7 Å². The number of hydrogen-bond donors (Lipinski definition) is 0. The minimum atomic E-state index is 0.370. The minimum absolute atomic E-state index is 0.370. The highest BCUT2D eigenvalue weighted by Gasteiger charge is 1.97. The number of benzene rings is 1. The molecule has 0 radical (unpaired) electrons. The number of nitriles is 1. The molecule has 2 nitrogen and oxygen atoms in total. The lowest BCUT2D eigenvalue weighted by atomic mass is 10.1. The molecular weight excluding hydrogens is 184 g/mol. The van der Waals surface area contributed by atoms with Crippen LogP contribution in [0.1, 0.15) is 5.69 Å². The van der Waals surface area contributed by atoms with Gasteiger partial charge in [0.05, 0.1) is 18.2 Å². The first-order chi connectivity index (χ1) is 7.40. The van der Waals surface area contributed by atoms with E-state index in [2.05, 4.69) is 11.1 Å². The summed E-state index contributed by atoms with van der Waals surface area (Å²) in [6.07, 6.45) is 2.18. The molecule has 0 spiro atoms. The first-order valence-corrected chi connectivity index (χ1v) is 4.77. The zero-order chi connectivity index (χ0) is 10.5. The lowest BCUT2D eigenvalue weighted by molar-refractivity contribution is 1.12. The molecule has 0 bridgehead atoms. The second-order valence-electron chi connectivity index (χ2n) is 3.24. The summed E-state index contributed by atoms with van der Waals surface area (Å²) in [5.41, 5.74) is 3.04. The fourth-order valence-electron chi connectivity index (χ4n) is 1.41. The first kappa shape index (κ1) is 9.42. The van der Waals surface area contributed by atoms with Crippen LogP contribution in [0.2, 0.25) is 0 Å². The van der Waals surface area contributed by atoms with E-state index in [1.165, 1.54) is 0 Å². The third-order valence-electron chi connectivity index (χ3n) is 2.19. The van der Waals surface area contributed by atoms with Crippen LogP contribution >= 0.6 is 0 Å². The monoisotopic (exact) mass is 194 g/mol. The van der Waals surface area contributed by atoms with Gasteiger partial charge in [-0.25, -0.2) is 0 Å². The van der Waals surface area contributed by atoms with Crippen LogP contribution < -0.4 is 0 Å². The zero-order valence-corrected chi connectivity index (χ0v) is 8.22. The first-order valence-electron chi connectivity index (χ1n) is 4.77. The molecule has 0 saturated carbocycles. The smallest absolute Gasteiger partial charge is 0.0774 e. The van der Waals surface area contributed by atoms with E-state index >= 15 is 0 Å². The Kier molecular flexibility index (Phi) is 2.75. The molecule has 1 aromatic carbocycles. The molecule has 0 amide bonds. The van der Waals surface area contributed by atoms with Crippen LogP contribution in [0.3, 0.4) is 0 Å². The van der Waals surface area contributed by atoms with Crippen molar-refractivity contribution in [1.82, 2.24) is 4.98 Å². The van der Waals surface area contributed by atoms with Gasteiger partial charge < -0.3 is 0 Å². The molecule has 0 unspecified atom stereocenters. The lowest BCUT2D eigenvalue weighted by Crippen LogP contribution is -1.87. The third kappa shape index (κ3) is 2.21. The van der Waals surface area contributed by atoms with E-state index in [1.807, 2.05) is 48.7 Å². The number of rotatable bonds is 2. The summed E-state index contributed by atoms with van der Waals surface area (Å²) in [7, 11) is 0. The lowest BCUT2D eigenvalue weighted by Gasteiger charge is -2.00. The molecule has 0 fully saturated rings. The Hall–Kier alpha value is -2.14. The van der Waals surface area contributed by atoms with E-state index in [-0.39, 0.29) is 0 Å². The highest BCUT2D eigenvalue weighted by Crippen LogP contribution is 2.17. The van der Waals surface area contributed by atoms with Gasteiger partial charge in [-0.05, 0) is 11.6 Å². The van der Waals surface area contributed by atoms with Crippen LogP contribution in [0.4, 0.5) is 0 Å². The largest absolute Gasteiger partial charge is 0.260 e. The predicted molar refractivity (Wildman–Crippen MR) is 59.0 cm³/mol. The number of aromatic nitrogens is 1. The van der Waals surface area contributed by atoms with E-state index < -0.39 is 0 Å². The van der Waals surface area contributed by atoms with Crippen LogP contribution in [-0.4, -0.2) is 4.98 Å². The third-order valence-corrected chi connectivity index (χ3v) is 2.19. The summed E-state index contributed by atoms with van der Waals surface area (Å²) in [4.78, 5) is 4.22. The van der Waals surface area contributed by atoms with E-state index in [0.29, 0.717) is 6.42 Å². The predicted octanol–water partition coefficient (Wildman–Crippen LogP) is 2.81. The molecule has 1 heterocycles. The molecule has 15 heavy (non-hydrogen) atoms. The Morgan fingerprint density at radius 3 is 2.40 bits per heavy atom. The topological polar surface area (TPSA) is 36.7 Å². The van der Waals surface area contributed by atoms with Gasteiger partial charge in [-0.3, -0.25) is 4.98 Å². The number of pyridine rings is 1. The van der Waals surface area contributed by atoms with Crippen molar-refractivity contribution >= 4 is 0 Å². The molecule has 0 aliphatic carbocycles. The van der Waals surface area contributed by atoms with Gasteiger partial charge in [0.25, 0.3) is 0 Å². The summed E-state index contributed by atoms with van der Waals surface area (Å²) in [5.74, 6) is 0. The molecule has 0 N–H and O–H groups in total. The van der Waals surface area contributed by atoms with E-state index in [4.69, 9.17) is 5.26 Å². The summed E-state index contributed by atoms with van der Waals surface area (Å²) >= 11 is 0. The average Bonchev–Trinajstić information content (AvgIpc) is 2.32. The Bertz CT molecular complexity index is 466. The second-order valence-corrected chi connectivity index (χ2v) is 3.24. The van der Waals surface area contributed by atoms with E-state index in [1.54, 1.807) is 0 Å². The minimum Gasteiger partial charge on any atom is -0.260 e. The van der Waals surface area contributed by atoms with Gasteiger partial charge in [-0.2, -0.15) is 5.26 Å². The van der Waals surface area contributed by atoms with Gasteiger partial charge in [-0.15, -0.1) is 0 Å². The molecule has 0 saturated heterocycles. The number of hydrogen-bond acceptors (Lipinski definition) is 2. The van der Waals surface area contributed by atoms with Crippen LogP contribution in [0.5, 0.6) is 0 Å². The summed E-state index contributed by atoms with van der Waals surface area (Å²) < 4.78 is 0. The van der Waals surface area contributed by atoms with Crippen molar-refractivity contribution < 1.29 is 0 Å². The van der Waals surface area contributed by atoms with Crippen molar-refractivity contribution in [2.75, 3.05) is 0 Å². The van der Waals surface area contributed by atoms with Gasteiger partial charge in [0.15, 0.2) is 0 Å². The van der Waals surface area contributed by atoms with Crippen molar-refractivity contribution in [3.63, 3.8) is 0 Å². The summed E-state index contributed by atoms with van der Waals surface area (Å²) in [5, 5.41) is 8.52. The summed E-state index contributed by atoms with van der Waals surface area (Å²) in [6, 6.07) is 16.0. The Balaban J connectivity index is 2.29. The molecule has 1 aromatic heterocycles. The fraction of sp³-hybridized carbons (Fsp3) is 0.0769. The van der Waals surface area contributed by atoms with Gasteiger partial charge in [0, 0.05) is 11.8 Å². The molecule has 0 aliphatic rings. The van der Waals surface area contributed by atoms with Crippen molar-refractivity contribution in [2.24, 2.45) is 0 Å². The van der Waals surface area contributed by atoms with Gasteiger partial charge >= 0.3 is 0 Å². The van der Waals surface area contributed by atoms with Crippen LogP contribution in [-0.2, 0) is 6.42 Å². The summed E-state index contributed by atoms with van der Waals surface area (Å²) in [6.45, 7) is 0. The molecule has 2 rings (SSSR count). The molecule has 2 heteroatoms. The maximum absolute atomic E-state index is 8.52. The molecule has 0 atom stereocenters. The quantitative estimate of drug-likeness (QED) is 0.737. The Labute approximate surface area is 88.8 Å². The molecule has 0 aliphatic heterocycles. The maximum atomic E-state index is 8.52. The normalized spacial score (nSPS) is 9.53. The van der Waals surface area contributed by atoms with Gasteiger partial charge in [0.2, 0.25) is 0 Å². The van der Waals surface area contributed by atoms with Gasteiger partial charge in [0.1, 0.15) is 0 Å². The molecule has 2 aromatic rings. The van der Waals surface area contributed by atoms with E-state index in [0.717, 1.165) is 16.8 Å². The van der Waals surface area contributed by atoms with Gasteiger partial charge in [-0.1, -0.05) is 36.4 Å². The van der Waals surface area contributed by atoms with Crippen molar-refractivity contribution in [1.29, 1.82) is 5.26 Å². The van der Waals surface area contributed by atoms with Crippen molar-refractivity contribution in [3.8, 4) is 17.2 Å². The zero-order valence-electron chi connectivity index (χ0n) is 8.22. The highest BCUT2D eigenvalue weighted by atomic mass is 14.7. The highest BCUT2D eigenvalue weighted by molar-refractivity contribution is 5.62. The van der Waals surface area contributed by atoms with Crippen LogP contribution in [0, 0.1) is 11.3 Å². The second kappa shape index (κ2) is 4.39. The van der Waals surface area contributed by atoms with E-state index in [9.17, 15) is 0 Å². The van der Waals surface area contributed by atoms with Crippen LogP contribution in [0.25, 0.3) is 11.1 Å². The molecule has 72 valence electrons. The van der Waals surface area contributed by atoms with Crippen molar-refractivity contribution in [2.45, 2.75) is 6.42 Å². The Morgan fingerprint density at radius 2 is 1.80 bits per heavy atom. The van der Waals surface area contributed by atoms with Crippen molar-refractivity contribution in [3.05, 3.63) is 54.4 Å². The maximum Gasteiger partial charge on any atom is 0.0774 e. The molecular formula is C13H10N2.